The molecule has 3 nitrogen and oxygen atoms in total. The number of rotatable bonds is 3. The molecule has 1 aromatic carbocycles. The van der Waals surface area contributed by atoms with Crippen LogP contribution in [-0.2, 0) is 13.5 Å². The minimum absolute atomic E-state index is 0.0880. The van der Waals surface area contributed by atoms with Crippen LogP contribution in [-0.4, -0.2) is 28.5 Å². The fraction of sp³-hybridized carbons (Fsp3) is 0.389. The smallest absolute Gasteiger partial charge is 0.270 e. The van der Waals surface area contributed by atoms with E-state index in [0.29, 0.717) is 11.5 Å². The summed E-state index contributed by atoms with van der Waals surface area (Å²) in [5, 5.41) is 0. The minimum Gasteiger partial charge on any atom is -0.347 e. The van der Waals surface area contributed by atoms with E-state index in [1.54, 1.807) is 13.0 Å². The van der Waals surface area contributed by atoms with Gasteiger partial charge in [-0.05, 0) is 55.0 Å². The van der Waals surface area contributed by atoms with Gasteiger partial charge in [-0.25, -0.2) is 4.39 Å². The van der Waals surface area contributed by atoms with Crippen molar-refractivity contribution in [3.63, 3.8) is 0 Å². The van der Waals surface area contributed by atoms with E-state index in [2.05, 4.69) is 0 Å². The molecule has 1 saturated heterocycles. The molecule has 1 unspecified atom stereocenters. The van der Waals surface area contributed by atoms with E-state index < -0.39 is 0 Å². The van der Waals surface area contributed by atoms with Crippen molar-refractivity contribution in [3.8, 4) is 0 Å². The Labute approximate surface area is 130 Å². The molecule has 116 valence electrons. The number of hydrogen-bond donors (Lipinski definition) is 0. The molecule has 22 heavy (non-hydrogen) atoms. The van der Waals surface area contributed by atoms with E-state index in [9.17, 15) is 9.18 Å². The summed E-state index contributed by atoms with van der Waals surface area (Å²) < 4.78 is 15.5. The zero-order valence-electron chi connectivity index (χ0n) is 13.1. The van der Waals surface area contributed by atoms with Crippen molar-refractivity contribution >= 4 is 5.91 Å². The Morgan fingerprint density at radius 2 is 2.18 bits per heavy atom. The van der Waals surface area contributed by atoms with E-state index in [-0.39, 0.29) is 11.7 Å². The first-order valence-electron chi connectivity index (χ1n) is 7.70. The van der Waals surface area contributed by atoms with Gasteiger partial charge in [-0.1, -0.05) is 12.1 Å². The second-order valence-corrected chi connectivity index (χ2v) is 6.20. The molecule has 0 aliphatic carbocycles. The van der Waals surface area contributed by atoms with Gasteiger partial charge in [-0.3, -0.25) is 4.79 Å². The van der Waals surface area contributed by atoms with Crippen LogP contribution in [0, 0.1) is 18.7 Å². The summed E-state index contributed by atoms with van der Waals surface area (Å²) in [5.74, 6) is 0.351. The van der Waals surface area contributed by atoms with Crippen molar-refractivity contribution in [2.45, 2.75) is 19.8 Å². The number of nitrogens with zero attached hydrogens (tertiary/aromatic N) is 2. The summed E-state index contributed by atoms with van der Waals surface area (Å²) in [6.07, 6.45) is 3.69. The second kappa shape index (κ2) is 5.95. The van der Waals surface area contributed by atoms with Crippen molar-refractivity contribution in [1.82, 2.24) is 9.47 Å². The molecule has 4 heteroatoms. The van der Waals surface area contributed by atoms with Gasteiger partial charge in [0.1, 0.15) is 11.5 Å². The fourth-order valence-corrected chi connectivity index (χ4v) is 3.13. The van der Waals surface area contributed by atoms with Crippen LogP contribution in [0.3, 0.4) is 0 Å². The average Bonchev–Trinajstić information content (AvgIpc) is 3.11. The summed E-state index contributed by atoms with van der Waals surface area (Å²) in [6.45, 7) is 3.30. The number of hydrogen-bond acceptors (Lipinski definition) is 1. The number of amides is 1. The molecule has 1 fully saturated rings. The lowest BCUT2D eigenvalue weighted by Gasteiger charge is -2.17. The molecule has 1 aromatic heterocycles. The van der Waals surface area contributed by atoms with Crippen LogP contribution in [0.15, 0.2) is 36.5 Å². The van der Waals surface area contributed by atoms with Gasteiger partial charge >= 0.3 is 0 Å². The number of carbonyl (C=O) groups excluding carboxylic acids is 1. The van der Waals surface area contributed by atoms with Crippen molar-refractivity contribution in [2.75, 3.05) is 13.1 Å². The first-order chi connectivity index (χ1) is 10.5. The van der Waals surface area contributed by atoms with Crippen LogP contribution in [0.4, 0.5) is 4.39 Å². The lowest BCUT2D eigenvalue weighted by molar-refractivity contribution is 0.0777. The maximum atomic E-state index is 13.6. The predicted molar refractivity (Wildman–Crippen MR) is 84.3 cm³/mol. The SMILES string of the molecule is Cc1ccc(CC2CCN(C(=O)c3cccn3C)C2)cc1F. The third-order valence-corrected chi connectivity index (χ3v) is 4.50. The van der Waals surface area contributed by atoms with Gasteiger partial charge in [0.25, 0.3) is 5.91 Å². The number of halogens is 1. The first-order valence-corrected chi connectivity index (χ1v) is 7.70. The topological polar surface area (TPSA) is 25.2 Å². The van der Waals surface area contributed by atoms with Crippen LogP contribution >= 0.6 is 0 Å². The van der Waals surface area contributed by atoms with Crippen molar-refractivity contribution in [1.29, 1.82) is 0 Å². The summed E-state index contributed by atoms with van der Waals surface area (Å²) in [4.78, 5) is 14.4. The van der Waals surface area contributed by atoms with E-state index in [4.69, 9.17) is 0 Å². The Kier molecular flexibility index (Phi) is 4.01. The van der Waals surface area contributed by atoms with Gasteiger partial charge in [0.15, 0.2) is 0 Å². The summed E-state index contributed by atoms with van der Waals surface area (Å²) in [6, 6.07) is 9.17. The average molecular weight is 300 g/mol. The molecule has 1 amide bonds. The molecule has 0 bridgehead atoms. The summed E-state index contributed by atoms with van der Waals surface area (Å²) in [5.41, 5.74) is 2.42. The molecule has 2 aromatic rings. The molecular weight excluding hydrogens is 279 g/mol. The minimum atomic E-state index is -0.146. The second-order valence-electron chi connectivity index (χ2n) is 6.20. The largest absolute Gasteiger partial charge is 0.347 e. The Morgan fingerprint density at radius 1 is 1.36 bits per heavy atom. The van der Waals surface area contributed by atoms with Gasteiger partial charge in [-0.15, -0.1) is 0 Å². The summed E-state index contributed by atoms with van der Waals surface area (Å²) >= 11 is 0. The van der Waals surface area contributed by atoms with Gasteiger partial charge in [0.2, 0.25) is 0 Å². The quantitative estimate of drug-likeness (QED) is 0.854. The van der Waals surface area contributed by atoms with Gasteiger partial charge in [0, 0.05) is 26.3 Å². The Hall–Kier alpha value is -2.10. The molecular formula is C18H21FN2O. The van der Waals surface area contributed by atoms with Crippen LogP contribution in [0.25, 0.3) is 0 Å². The molecule has 3 rings (SSSR count). The van der Waals surface area contributed by atoms with Crippen molar-refractivity contribution in [2.24, 2.45) is 13.0 Å². The highest BCUT2D eigenvalue weighted by atomic mass is 19.1. The van der Waals surface area contributed by atoms with Crippen LogP contribution < -0.4 is 0 Å². The normalized spacial score (nSPS) is 18.0. The third-order valence-electron chi connectivity index (χ3n) is 4.50. The van der Waals surface area contributed by atoms with E-state index in [1.165, 1.54) is 0 Å². The molecule has 1 atom stereocenters. The highest BCUT2D eigenvalue weighted by molar-refractivity contribution is 5.92. The standard InChI is InChI=1S/C18H21FN2O/c1-13-5-6-14(11-16(13)19)10-15-7-9-21(12-15)18(22)17-4-3-8-20(17)2/h3-6,8,11,15H,7,9-10,12H2,1-2H3. The third kappa shape index (κ3) is 2.91. The number of aromatic nitrogens is 1. The highest BCUT2D eigenvalue weighted by Gasteiger charge is 2.28. The van der Waals surface area contributed by atoms with E-state index >= 15 is 0 Å². The molecule has 0 spiro atoms. The zero-order chi connectivity index (χ0) is 15.7. The molecule has 1 aliphatic rings. The van der Waals surface area contributed by atoms with Gasteiger partial charge in [0.05, 0.1) is 0 Å². The number of carbonyl (C=O) groups is 1. The van der Waals surface area contributed by atoms with Crippen LogP contribution in [0.2, 0.25) is 0 Å². The summed E-state index contributed by atoms with van der Waals surface area (Å²) in [7, 11) is 1.88. The van der Waals surface area contributed by atoms with Crippen LogP contribution in [0.1, 0.15) is 28.0 Å². The Balaban J connectivity index is 1.64. The molecule has 2 heterocycles. The Morgan fingerprint density at radius 3 is 2.86 bits per heavy atom. The lowest BCUT2D eigenvalue weighted by atomic mass is 9.98. The van der Waals surface area contributed by atoms with Gasteiger partial charge < -0.3 is 9.47 Å². The van der Waals surface area contributed by atoms with E-state index in [0.717, 1.165) is 37.2 Å². The van der Waals surface area contributed by atoms with Gasteiger partial charge in [-0.2, -0.15) is 0 Å². The Bertz CT molecular complexity index is 692. The zero-order valence-corrected chi connectivity index (χ0v) is 13.1. The number of benzene rings is 1. The van der Waals surface area contributed by atoms with Crippen molar-refractivity contribution < 1.29 is 9.18 Å². The monoisotopic (exact) mass is 300 g/mol. The number of likely N-dealkylation sites (tertiary alicyclic amines) is 1. The highest BCUT2D eigenvalue weighted by Crippen LogP contribution is 2.23. The van der Waals surface area contributed by atoms with Crippen LogP contribution in [0.5, 0.6) is 0 Å². The van der Waals surface area contributed by atoms with Crippen molar-refractivity contribution in [3.05, 3.63) is 59.2 Å². The maximum absolute atomic E-state index is 13.6. The van der Waals surface area contributed by atoms with E-state index in [1.807, 2.05) is 47.0 Å². The lowest BCUT2D eigenvalue weighted by Crippen LogP contribution is -2.30. The predicted octanol–water partition coefficient (Wildman–Crippen LogP) is 3.18. The maximum Gasteiger partial charge on any atom is 0.270 e. The molecule has 1 aliphatic heterocycles. The fourth-order valence-electron chi connectivity index (χ4n) is 3.13. The first kappa shape index (κ1) is 14.8. The molecule has 0 radical (unpaired) electrons. The molecule has 0 N–H and O–H groups in total. The number of aryl methyl sites for hydroxylation is 2. The molecule has 0 saturated carbocycles.